The van der Waals surface area contributed by atoms with Crippen molar-refractivity contribution in [3.8, 4) is 0 Å². The average Bonchev–Trinajstić information content (AvgIpc) is 2.36. The second-order valence-corrected chi connectivity index (χ2v) is 4.61. The van der Waals surface area contributed by atoms with Crippen LogP contribution in [-0.2, 0) is 0 Å². The predicted molar refractivity (Wildman–Crippen MR) is 65.3 cm³/mol. The summed E-state index contributed by atoms with van der Waals surface area (Å²) in [5.41, 5.74) is 1.73. The summed E-state index contributed by atoms with van der Waals surface area (Å²) < 4.78 is 24.9. The van der Waals surface area contributed by atoms with Crippen LogP contribution >= 0.6 is 0 Å². The Morgan fingerprint density at radius 3 is 1.94 bits per heavy atom. The maximum atomic E-state index is 12.5. The van der Waals surface area contributed by atoms with Gasteiger partial charge in [0.1, 0.15) is 0 Å². The Labute approximate surface area is 101 Å². The first kappa shape index (κ1) is 14.1. The van der Waals surface area contributed by atoms with E-state index in [1.807, 2.05) is 12.1 Å². The summed E-state index contributed by atoms with van der Waals surface area (Å²) in [7, 11) is 0. The molecule has 1 rings (SSSR count). The zero-order chi connectivity index (χ0) is 13.0. The van der Waals surface area contributed by atoms with Gasteiger partial charge in [0, 0.05) is 5.92 Å². The van der Waals surface area contributed by atoms with Gasteiger partial charge in [-0.25, -0.2) is 8.78 Å². The van der Waals surface area contributed by atoms with E-state index in [-0.39, 0.29) is 0 Å². The second kappa shape index (κ2) is 6.10. The molecule has 3 unspecified atom stereocenters. The first-order valence-electron chi connectivity index (χ1n) is 6.03. The number of rotatable bonds is 5. The van der Waals surface area contributed by atoms with Gasteiger partial charge in [-0.15, -0.1) is 0 Å². The number of aliphatic hydroxyl groups excluding tert-OH is 1. The lowest BCUT2D eigenvalue weighted by Crippen LogP contribution is -2.16. The van der Waals surface area contributed by atoms with Crippen molar-refractivity contribution in [2.75, 3.05) is 0 Å². The van der Waals surface area contributed by atoms with Crippen LogP contribution in [0.1, 0.15) is 50.3 Å². The van der Waals surface area contributed by atoms with Gasteiger partial charge in [0.05, 0.1) is 6.10 Å². The molecule has 0 aliphatic rings. The Hall–Kier alpha value is -0.960. The highest BCUT2D eigenvalue weighted by Gasteiger charge is 2.24. The fraction of sp³-hybridized carbons (Fsp3) is 0.571. The molecule has 96 valence electrons. The molecule has 0 aromatic heterocycles. The van der Waals surface area contributed by atoms with Crippen molar-refractivity contribution in [1.29, 1.82) is 0 Å². The van der Waals surface area contributed by atoms with Crippen molar-refractivity contribution in [3.05, 3.63) is 35.4 Å². The highest BCUT2D eigenvalue weighted by Crippen LogP contribution is 2.28. The minimum absolute atomic E-state index is 0.453. The zero-order valence-corrected chi connectivity index (χ0v) is 10.5. The number of aliphatic hydroxyl groups is 1. The van der Waals surface area contributed by atoms with Crippen molar-refractivity contribution < 1.29 is 13.9 Å². The molecule has 0 saturated heterocycles. The molecule has 0 aliphatic heterocycles. The summed E-state index contributed by atoms with van der Waals surface area (Å²) in [5, 5.41) is 9.77. The molecule has 3 heteroatoms. The van der Waals surface area contributed by atoms with Gasteiger partial charge in [-0.2, -0.15) is 0 Å². The van der Waals surface area contributed by atoms with Gasteiger partial charge in [0.15, 0.2) is 0 Å². The van der Waals surface area contributed by atoms with Crippen LogP contribution in [0.5, 0.6) is 0 Å². The van der Waals surface area contributed by atoms with Crippen molar-refractivity contribution in [2.45, 2.75) is 45.6 Å². The normalized spacial score (nSPS) is 16.9. The third-order valence-corrected chi connectivity index (χ3v) is 3.35. The fourth-order valence-electron chi connectivity index (χ4n) is 1.70. The molecule has 0 amide bonds. The van der Waals surface area contributed by atoms with Crippen LogP contribution in [0.15, 0.2) is 24.3 Å². The van der Waals surface area contributed by atoms with Gasteiger partial charge >= 0.3 is 0 Å². The third-order valence-electron chi connectivity index (χ3n) is 3.35. The Bertz CT molecular complexity index is 335. The quantitative estimate of drug-likeness (QED) is 0.823. The van der Waals surface area contributed by atoms with Crippen LogP contribution in [0.4, 0.5) is 8.78 Å². The van der Waals surface area contributed by atoms with Crippen LogP contribution in [0.25, 0.3) is 0 Å². The van der Waals surface area contributed by atoms with Gasteiger partial charge in [-0.1, -0.05) is 45.0 Å². The third kappa shape index (κ3) is 3.50. The number of hydrogen-bond acceptors (Lipinski definition) is 1. The molecule has 0 aliphatic carbocycles. The molecule has 0 saturated carbocycles. The molecule has 17 heavy (non-hydrogen) atoms. The number of hydrogen-bond donors (Lipinski definition) is 1. The van der Waals surface area contributed by atoms with Crippen LogP contribution < -0.4 is 0 Å². The van der Waals surface area contributed by atoms with E-state index in [1.165, 1.54) is 12.5 Å². The van der Waals surface area contributed by atoms with Crippen LogP contribution in [-0.4, -0.2) is 11.5 Å². The molecule has 0 fully saturated rings. The topological polar surface area (TPSA) is 20.2 Å². The van der Waals surface area contributed by atoms with E-state index in [2.05, 4.69) is 13.8 Å². The first-order valence-corrected chi connectivity index (χ1v) is 6.03. The molecule has 1 N–H and O–H groups in total. The van der Waals surface area contributed by atoms with Crippen LogP contribution in [0, 0.1) is 5.92 Å². The number of halogens is 2. The van der Waals surface area contributed by atoms with Gasteiger partial charge in [-0.05, 0) is 23.5 Å². The van der Waals surface area contributed by atoms with E-state index < -0.39 is 18.4 Å². The SMILES string of the molecule is CCC(C)c1ccc(C(O)C(C)C(F)F)cc1. The summed E-state index contributed by atoms with van der Waals surface area (Å²) in [6, 6.07) is 7.30. The van der Waals surface area contributed by atoms with Gasteiger partial charge in [-0.3, -0.25) is 0 Å². The van der Waals surface area contributed by atoms with E-state index in [0.29, 0.717) is 11.5 Å². The van der Waals surface area contributed by atoms with Crippen molar-refractivity contribution in [3.63, 3.8) is 0 Å². The summed E-state index contributed by atoms with van der Waals surface area (Å²) in [6.07, 6.45) is -2.56. The predicted octanol–water partition coefficient (Wildman–Crippen LogP) is 4.13. The summed E-state index contributed by atoms with van der Waals surface area (Å²) >= 11 is 0. The van der Waals surface area contributed by atoms with Crippen LogP contribution in [0.2, 0.25) is 0 Å². The van der Waals surface area contributed by atoms with Gasteiger partial charge < -0.3 is 5.11 Å². The average molecular weight is 242 g/mol. The summed E-state index contributed by atoms with van der Waals surface area (Å²) in [4.78, 5) is 0. The maximum Gasteiger partial charge on any atom is 0.243 e. The maximum absolute atomic E-state index is 12.5. The fourth-order valence-corrected chi connectivity index (χ4v) is 1.70. The highest BCUT2D eigenvalue weighted by molar-refractivity contribution is 5.26. The molecule has 0 bridgehead atoms. The molecule has 1 aromatic rings. The Morgan fingerprint density at radius 1 is 1.06 bits per heavy atom. The zero-order valence-electron chi connectivity index (χ0n) is 10.5. The minimum atomic E-state index is -2.50. The first-order chi connectivity index (χ1) is 7.97. The van der Waals surface area contributed by atoms with E-state index in [4.69, 9.17) is 0 Å². The molecule has 1 nitrogen and oxygen atoms in total. The van der Waals surface area contributed by atoms with Gasteiger partial charge in [0.2, 0.25) is 6.43 Å². The Balaban J connectivity index is 2.80. The van der Waals surface area contributed by atoms with Crippen molar-refractivity contribution in [1.82, 2.24) is 0 Å². The molecular formula is C14H20F2O. The minimum Gasteiger partial charge on any atom is -0.388 e. The number of alkyl halides is 2. The van der Waals surface area contributed by atoms with Crippen molar-refractivity contribution >= 4 is 0 Å². The molecular weight excluding hydrogens is 222 g/mol. The standard InChI is InChI=1S/C14H20F2O/c1-4-9(2)11-5-7-12(8-6-11)13(17)10(3)14(15)16/h5-10,13-14,17H,4H2,1-3H3. The molecule has 3 atom stereocenters. The summed E-state index contributed by atoms with van der Waals surface area (Å²) in [5.74, 6) is -0.585. The Kier molecular flexibility index (Phi) is 5.06. The molecule has 0 spiro atoms. The van der Waals surface area contributed by atoms with Crippen molar-refractivity contribution in [2.24, 2.45) is 5.92 Å². The van der Waals surface area contributed by atoms with E-state index >= 15 is 0 Å². The summed E-state index contributed by atoms with van der Waals surface area (Å²) in [6.45, 7) is 5.58. The lowest BCUT2D eigenvalue weighted by molar-refractivity contribution is 0.000626. The molecule has 0 radical (unpaired) electrons. The largest absolute Gasteiger partial charge is 0.388 e. The second-order valence-electron chi connectivity index (χ2n) is 4.61. The van der Waals surface area contributed by atoms with Crippen LogP contribution in [0.3, 0.4) is 0 Å². The lowest BCUT2D eigenvalue weighted by Gasteiger charge is -2.19. The number of benzene rings is 1. The Morgan fingerprint density at radius 2 is 1.53 bits per heavy atom. The molecule has 1 aromatic carbocycles. The van der Waals surface area contributed by atoms with E-state index in [0.717, 1.165) is 6.42 Å². The lowest BCUT2D eigenvalue weighted by atomic mass is 9.93. The van der Waals surface area contributed by atoms with E-state index in [9.17, 15) is 13.9 Å². The smallest absolute Gasteiger partial charge is 0.243 e. The molecule has 0 heterocycles. The highest BCUT2D eigenvalue weighted by atomic mass is 19.3. The van der Waals surface area contributed by atoms with Gasteiger partial charge in [0.25, 0.3) is 0 Å². The monoisotopic (exact) mass is 242 g/mol. The van der Waals surface area contributed by atoms with E-state index in [1.54, 1.807) is 12.1 Å².